The molecule has 3 aliphatic heterocycles. The van der Waals surface area contributed by atoms with Crippen LogP contribution in [-0.4, -0.2) is 42.1 Å². The molecule has 0 aliphatic carbocycles. The Balaban J connectivity index is 1.48. The Kier molecular flexibility index (Phi) is 3.96. The lowest BCUT2D eigenvalue weighted by Gasteiger charge is -2.29. The molecule has 1 atom stereocenters. The molecule has 0 radical (unpaired) electrons. The summed E-state index contributed by atoms with van der Waals surface area (Å²) in [5.41, 5.74) is 1.36. The number of carbonyl (C=O) groups excluding carboxylic acids is 1. The van der Waals surface area contributed by atoms with Gasteiger partial charge in [0.15, 0.2) is 11.4 Å². The fourth-order valence-corrected chi connectivity index (χ4v) is 5.23. The van der Waals surface area contributed by atoms with Crippen LogP contribution >= 0.6 is 11.3 Å². The van der Waals surface area contributed by atoms with Crippen LogP contribution < -0.4 is 4.90 Å². The van der Waals surface area contributed by atoms with Crippen LogP contribution in [0.1, 0.15) is 46.0 Å². The number of anilines is 1. The van der Waals surface area contributed by atoms with Crippen molar-refractivity contribution >= 4 is 33.6 Å². The molecule has 0 saturated carbocycles. The molecule has 1 N–H and O–H groups in total. The summed E-state index contributed by atoms with van der Waals surface area (Å²) in [6.07, 6.45) is 2.50. The first kappa shape index (κ1) is 17.1. The molecule has 0 spiro atoms. The molecule has 5 rings (SSSR count). The first-order valence-corrected chi connectivity index (χ1v) is 10.3. The lowest BCUT2D eigenvalue weighted by molar-refractivity contribution is 0.0603. The molecule has 6 heteroatoms. The molecule has 1 aromatic heterocycles. The van der Waals surface area contributed by atoms with Gasteiger partial charge < -0.3 is 14.7 Å². The number of aliphatic imine (C=N–C) groups is 1. The van der Waals surface area contributed by atoms with Crippen molar-refractivity contribution < 1.29 is 14.6 Å². The maximum atomic E-state index is 12.9. The third-order valence-corrected chi connectivity index (χ3v) is 6.83. The summed E-state index contributed by atoms with van der Waals surface area (Å²) >= 11 is 1.50. The largest absolute Gasteiger partial charge is 0.381 e. The van der Waals surface area contributed by atoms with Crippen molar-refractivity contribution in [1.82, 2.24) is 0 Å². The van der Waals surface area contributed by atoms with Gasteiger partial charge in [0.05, 0.1) is 5.56 Å². The minimum atomic E-state index is -1.50. The molecule has 5 nitrogen and oxygen atoms in total. The molecule has 0 bridgehead atoms. The summed E-state index contributed by atoms with van der Waals surface area (Å²) < 4.78 is 5.45. The van der Waals surface area contributed by atoms with Gasteiger partial charge in [0.1, 0.15) is 5.00 Å². The van der Waals surface area contributed by atoms with Gasteiger partial charge in [0.25, 0.3) is 0 Å². The molecule has 4 heterocycles. The molecule has 140 valence electrons. The van der Waals surface area contributed by atoms with Crippen LogP contribution in [0.4, 0.5) is 10.7 Å². The highest BCUT2D eigenvalue weighted by Crippen LogP contribution is 2.43. The lowest BCUT2D eigenvalue weighted by Crippen LogP contribution is -2.48. The third-order valence-electron chi connectivity index (χ3n) is 5.88. The highest BCUT2D eigenvalue weighted by Gasteiger charge is 2.52. The number of benzene rings is 1. The van der Waals surface area contributed by atoms with E-state index in [2.05, 4.69) is 24.3 Å². The molecular formula is C21H22N2O3S. The number of Topliss-reactive ketones (excluding diaryl/α,β-unsaturated/α-hetero) is 1. The van der Waals surface area contributed by atoms with Gasteiger partial charge in [-0.15, -0.1) is 11.3 Å². The third kappa shape index (κ3) is 2.66. The van der Waals surface area contributed by atoms with Crippen molar-refractivity contribution in [3.8, 4) is 0 Å². The van der Waals surface area contributed by atoms with Gasteiger partial charge in [-0.1, -0.05) is 12.1 Å². The number of thiophene rings is 1. The summed E-state index contributed by atoms with van der Waals surface area (Å²) in [5, 5.41) is 11.8. The van der Waals surface area contributed by atoms with Crippen molar-refractivity contribution in [3.05, 3.63) is 46.3 Å². The van der Waals surface area contributed by atoms with E-state index in [1.165, 1.54) is 16.9 Å². The second kappa shape index (κ2) is 6.26. The minimum absolute atomic E-state index is 0.215. The average molecular weight is 382 g/mol. The number of amidine groups is 1. The molecule has 0 amide bonds. The molecule has 2 aromatic rings. The van der Waals surface area contributed by atoms with Crippen LogP contribution in [-0.2, 0) is 4.74 Å². The standard InChI is InChI=1S/C21H22N2O3S/c1-13-12-17-18(24)21(25)8-9-23(20(21)22-19(17)27-13)16-4-2-14(3-5-16)15-6-10-26-11-7-15/h2-5,12,15,25H,6-11H2,1H3. The van der Waals surface area contributed by atoms with Crippen LogP contribution in [0.5, 0.6) is 0 Å². The number of hydrogen-bond acceptors (Lipinski definition) is 6. The van der Waals surface area contributed by atoms with Gasteiger partial charge in [0.2, 0.25) is 5.78 Å². The second-order valence-corrected chi connectivity index (χ2v) is 8.82. The van der Waals surface area contributed by atoms with E-state index >= 15 is 0 Å². The van der Waals surface area contributed by atoms with Crippen molar-refractivity contribution in [1.29, 1.82) is 0 Å². The van der Waals surface area contributed by atoms with E-state index in [4.69, 9.17) is 9.73 Å². The van der Waals surface area contributed by atoms with E-state index in [0.717, 1.165) is 36.6 Å². The quantitative estimate of drug-likeness (QED) is 0.858. The first-order chi connectivity index (χ1) is 13.1. The normalized spacial score (nSPS) is 25.3. The summed E-state index contributed by atoms with van der Waals surface area (Å²) in [5.74, 6) is 0.808. The molecular weight excluding hydrogens is 360 g/mol. The van der Waals surface area contributed by atoms with Gasteiger partial charge in [-0.3, -0.25) is 4.79 Å². The van der Waals surface area contributed by atoms with Crippen molar-refractivity contribution in [3.63, 3.8) is 0 Å². The fourth-order valence-electron chi connectivity index (χ4n) is 4.36. The van der Waals surface area contributed by atoms with Gasteiger partial charge in [-0.25, -0.2) is 4.99 Å². The van der Waals surface area contributed by atoms with Gasteiger partial charge in [0, 0.05) is 36.7 Å². The van der Waals surface area contributed by atoms with Crippen LogP contribution in [0.15, 0.2) is 35.3 Å². The van der Waals surface area contributed by atoms with Crippen molar-refractivity contribution in [2.45, 2.75) is 37.7 Å². The van der Waals surface area contributed by atoms with E-state index in [1.54, 1.807) is 0 Å². The zero-order chi connectivity index (χ0) is 18.6. The van der Waals surface area contributed by atoms with Crippen LogP contribution in [0.25, 0.3) is 0 Å². The number of aryl methyl sites for hydroxylation is 1. The SMILES string of the molecule is Cc1cc2c(s1)N=C1N(c3ccc(C4CCOCC4)cc3)CCC1(O)C2=O. The first-order valence-electron chi connectivity index (χ1n) is 9.48. The maximum absolute atomic E-state index is 12.9. The van der Waals surface area contributed by atoms with E-state index in [9.17, 15) is 9.90 Å². The Hall–Kier alpha value is -2.02. The number of fused-ring (bicyclic) bond motifs is 2. The van der Waals surface area contributed by atoms with Crippen LogP contribution in [0, 0.1) is 6.92 Å². The van der Waals surface area contributed by atoms with Gasteiger partial charge >= 0.3 is 0 Å². The summed E-state index contributed by atoms with van der Waals surface area (Å²) in [7, 11) is 0. The molecule has 2 fully saturated rings. The number of nitrogens with zero attached hydrogens (tertiary/aromatic N) is 2. The van der Waals surface area contributed by atoms with E-state index in [0.29, 0.717) is 35.3 Å². The maximum Gasteiger partial charge on any atom is 0.205 e. The molecule has 2 saturated heterocycles. The Morgan fingerprint density at radius 3 is 2.74 bits per heavy atom. The van der Waals surface area contributed by atoms with E-state index < -0.39 is 5.60 Å². The Morgan fingerprint density at radius 1 is 1.26 bits per heavy atom. The molecule has 1 unspecified atom stereocenters. The number of ketones is 1. The zero-order valence-electron chi connectivity index (χ0n) is 15.3. The van der Waals surface area contributed by atoms with E-state index in [1.807, 2.05) is 17.9 Å². The summed E-state index contributed by atoms with van der Waals surface area (Å²) in [6.45, 7) is 4.20. The van der Waals surface area contributed by atoms with Crippen molar-refractivity contribution in [2.75, 3.05) is 24.7 Å². The molecule has 1 aromatic carbocycles. The average Bonchev–Trinajstić information content (AvgIpc) is 3.23. The van der Waals surface area contributed by atoms with Crippen LogP contribution in [0.2, 0.25) is 0 Å². The van der Waals surface area contributed by atoms with Crippen molar-refractivity contribution in [2.24, 2.45) is 4.99 Å². The monoisotopic (exact) mass is 382 g/mol. The minimum Gasteiger partial charge on any atom is -0.381 e. The highest BCUT2D eigenvalue weighted by atomic mass is 32.1. The summed E-state index contributed by atoms with van der Waals surface area (Å²) in [6, 6.07) is 10.3. The Morgan fingerprint density at radius 2 is 2.00 bits per heavy atom. The van der Waals surface area contributed by atoms with Gasteiger partial charge in [-0.05, 0) is 49.4 Å². The lowest BCUT2D eigenvalue weighted by atomic mass is 9.89. The second-order valence-electron chi connectivity index (χ2n) is 7.58. The topological polar surface area (TPSA) is 62.1 Å². The predicted octanol–water partition coefficient (Wildman–Crippen LogP) is 3.82. The highest BCUT2D eigenvalue weighted by molar-refractivity contribution is 7.16. The smallest absolute Gasteiger partial charge is 0.205 e. The van der Waals surface area contributed by atoms with E-state index in [-0.39, 0.29) is 5.78 Å². The number of hydrogen-bond donors (Lipinski definition) is 1. The van der Waals surface area contributed by atoms with Crippen LogP contribution in [0.3, 0.4) is 0 Å². The Labute approximate surface area is 162 Å². The number of carbonyl (C=O) groups is 1. The zero-order valence-corrected chi connectivity index (χ0v) is 16.1. The molecule has 27 heavy (non-hydrogen) atoms. The number of ether oxygens (including phenoxy) is 1. The Bertz CT molecular complexity index is 927. The number of aliphatic hydroxyl groups is 1. The summed E-state index contributed by atoms with van der Waals surface area (Å²) in [4.78, 5) is 20.6. The predicted molar refractivity (Wildman–Crippen MR) is 107 cm³/mol. The number of rotatable bonds is 2. The van der Waals surface area contributed by atoms with Gasteiger partial charge in [-0.2, -0.15) is 0 Å². The molecule has 3 aliphatic rings. The fraction of sp³-hybridized carbons (Fsp3) is 0.429.